The fourth-order valence-corrected chi connectivity index (χ4v) is 4.37. The number of nitrogens with one attached hydrogen (secondary N) is 1. The molecule has 0 aromatic heterocycles. The molecule has 1 fully saturated rings. The molecule has 1 saturated heterocycles. The predicted octanol–water partition coefficient (Wildman–Crippen LogP) is 4.68. The molecule has 0 saturated carbocycles. The Balaban J connectivity index is 1.69. The van der Waals surface area contributed by atoms with Crippen LogP contribution in [0.2, 0.25) is 0 Å². The average Bonchev–Trinajstić information content (AvgIpc) is 2.76. The normalized spacial score (nSPS) is 17.4. The largest absolute Gasteiger partial charge is 0.497 e. The van der Waals surface area contributed by atoms with Crippen LogP contribution in [0, 0.1) is 25.7 Å². The van der Waals surface area contributed by atoms with E-state index >= 15 is 0 Å². The summed E-state index contributed by atoms with van der Waals surface area (Å²) in [5, 5.41) is 3.24. The van der Waals surface area contributed by atoms with Gasteiger partial charge < -0.3 is 15.0 Å². The zero-order valence-corrected chi connectivity index (χ0v) is 19.3. The summed E-state index contributed by atoms with van der Waals surface area (Å²) in [5.41, 5.74) is 3.92. The summed E-state index contributed by atoms with van der Waals surface area (Å²) in [7, 11) is 1.64. The van der Waals surface area contributed by atoms with Gasteiger partial charge in [0.15, 0.2) is 0 Å². The summed E-state index contributed by atoms with van der Waals surface area (Å²) >= 11 is 0. The van der Waals surface area contributed by atoms with Crippen LogP contribution < -0.4 is 10.1 Å². The van der Waals surface area contributed by atoms with Crippen LogP contribution in [0.25, 0.3) is 0 Å². The number of likely N-dealkylation sites (tertiary alicyclic amines) is 1. The van der Waals surface area contributed by atoms with E-state index in [0.29, 0.717) is 18.7 Å². The maximum absolute atomic E-state index is 13.1. The van der Waals surface area contributed by atoms with Gasteiger partial charge in [0.05, 0.1) is 19.1 Å². The Labute approximate surface area is 185 Å². The van der Waals surface area contributed by atoms with Crippen LogP contribution in [0.15, 0.2) is 42.5 Å². The van der Waals surface area contributed by atoms with Crippen molar-refractivity contribution < 1.29 is 14.3 Å². The molecular formula is C26H34N2O3. The van der Waals surface area contributed by atoms with E-state index in [1.165, 1.54) is 0 Å². The van der Waals surface area contributed by atoms with E-state index < -0.39 is 0 Å². The van der Waals surface area contributed by atoms with Gasteiger partial charge in [0.2, 0.25) is 5.91 Å². The SMILES string of the molecule is COc1ccc(C(NC(=O)C2CCCN(C(=O)c3cc(C)cc(C)c3)C2)C(C)C)cc1. The molecule has 0 aliphatic carbocycles. The highest BCUT2D eigenvalue weighted by Crippen LogP contribution is 2.26. The highest BCUT2D eigenvalue weighted by atomic mass is 16.5. The fraction of sp³-hybridized carbons (Fsp3) is 0.462. The summed E-state index contributed by atoms with van der Waals surface area (Å²) in [4.78, 5) is 28.0. The number of ether oxygens (including phenoxy) is 1. The number of amides is 2. The minimum atomic E-state index is -0.192. The van der Waals surface area contributed by atoms with Crippen molar-refractivity contribution in [3.8, 4) is 5.75 Å². The Morgan fingerprint density at radius 1 is 1.06 bits per heavy atom. The van der Waals surface area contributed by atoms with Crippen LogP contribution in [0.5, 0.6) is 5.75 Å². The first-order valence-corrected chi connectivity index (χ1v) is 11.1. The van der Waals surface area contributed by atoms with E-state index in [-0.39, 0.29) is 29.7 Å². The molecular weight excluding hydrogens is 388 g/mol. The lowest BCUT2D eigenvalue weighted by atomic mass is 9.92. The summed E-state index contributed by atoms with van der Waals surface area (Å²) in [6.07, 6.45) is 1.64. The third-order valence-corrected chi connectivity index (χ3v) is 5.99. The Hall–Kier alpha value is -2.82. The summed E-state index contributed by atoms with van der Waals surface area (Å²) < 4.78 is 5.25. The molecule has 2 unspecified atom stereocenters. The molecule has 0 bridgehead atoms. The van der Waals surface area contributed by atoms with Crippen LogP contribution in [0.4, 0.5) is 0 Å². The summed E-state index contributed by atoms with van der Waals surface area (Å²) in [6, 6.07) is 13.7. The van der Waals surface area contributed by atoms with Gasteiger partial charge in [-0.15, -0.1) is 0 Å². The van der Waals surface area contributed by atoms with E-state index in [2.05, 4.69) is 25.2 Å². The zero-order valence-electron chi connectivity index (χ0n) is 19.3. The molecule has 31 heavy (non-hydrogen) atoms. The van der Waals surface area contributed by atoms with Crippen molar-refractivity contribution in [3.63, 3.8) is 0 Å². The van der Waals surface area contributed by atoms with E-state index in [0.717, 1.165) is 35.3 Å². The highest BCUT2D eigenvalue weighted by Gasteiger charge is 2.31. The van der Waals surface area contributed by atoms with Crippen molar-refractivity contribution in [3.05, 3.63) is 64.7 Å². The molecule has 5 heteroatoms. The third kappa shape index (κ3) is 5.66. The van der Waals surface area contributed by atoms with Gasteiger partial charge in [0, 0.05) is 18.7 Å². The number of carbonyl (C=O) groups is 2. The van der Waals surface area contributed by atoms with E-state index in [1.807, 2.05) is 55.1 Å². The number of nitrogens with zero attached hydrogens (tertiary/aromatic N) is 1. The molecule has 166 valence electrons. The molecule has 2 atom stereocenters. The molecule has 1 heterocycles. The Morgan fingerprint density at radius 3 is 2.29 bits per heavy atom. The number of aryl methyl sites for hydroxylation is 2. The molecule has 5 nitrogen and oxygen atoms in total. The number of rotatable bonds is 6. The molecule has 1 N–H and O–H groups in total. The first-order chi connectivity index (χ1) is 14.8. The maximum Gasteiger partial charge on any atom is 0.253 e. The van der Waals surface area contributed by atoms with Gasteiger partial charge in [0.25, 0.3) is 5.91 Å². The summed E-state index contributed by atoms with van der Waals surface area (Å²) in [5.74, 6) is 0.884. The highest BCUT2D eigenvalue weighted by molar-refractivity contribution is 5.95. The summed E-state index contributed by atoms with van der Waals surface area (Å²) in [6.45, 7) is 9.37. The predicted molar refractivity (Wildman–Crippen MR) is 123 cm³/mol. The molecule has 0 spiro atoms. The lowest BCUT2D eigenvalue weighted by molar-refractivity contribution is -0.127. The Morgan fingerprint density at radius 2 is 1.71 bits per heavy atom. The number of piperidine rings is 1. The van der Waals surface area contributed by atoms with Crippen molar-refractivity contribution in [2.75, 3.05) is 20.2 Å². The molecule has 1 aliphatic heterocycles. The van der Waals surface area contributed by atoms with Crippen molar-refractivity contribution in [2.45, 2.75) is 46.6 Å². The standard InChI is InChI=1S/C26H34N2O3/c1-17(2)24(20-8-10-23(31-5)11-9-20)27-25(29)21-7-6-12-28(16-21)26(30)22-14-18(3)13-19(4)15-22/h8-11,13-15,17,21,24H,6-7,12,16H2,1-5H3,(H,27,29). The smallest absolute Gasteiger partial charge is 0.253 e. The number of methoxy groups -OCH3 is 1. The van der Waals surface area contributed by atoms with Crippen molar-refractivity contribution in [1.29, 1.82) is 0 Å². The Kier molecular flexibility index (Phi) is 7.37. The minimum absolute atomic E-state index is 0.0138. The first-order valence-electron chi connectivity index (χ1n) is 11.1. The zero-order chi connectivity index (χ0) is 22.5. The van der Waals surface area contributed by atoms with Gasteiger partial charge in [-0.25, -0.2) is 0 Å². The van der Waals surface area contributed by atoms with E-state index in [9.17, 15) is 9.59 Å². The van der Waals surface area contributed by atoms with Gasteiger partial charge in [-0.05, 0) is 62.4 Å². The van der Waals surface area contributed by atoms with Crippen LogP contribution in [-0.4, -0.2) is 36.9 Å². The van der Waals surface area contributed by atoms with Crippen molar-refractivity contribution >= 4 is 11.8 Å². The van der Waals surface area contributed by atoms with Crippen LogP contribution >= 0.6 is 0 Å². The van der Waals surface area contributed by atoms with Gasteiger partial charge >= 0.3 is 0 Å². The van der Waals surface area contributed by atoms with Gasteiger partial charge in [-0.2, -0.15) is 0 Å². The van der Waals surface area contributed by atoms with E-state index in [4.69, 9.17) is 4.74 Å². The van der Waals surface area contributed by atoms with Crippen molar-refractivity contribution in [1.82, 2.24) is 10.2 Å². The number of hydrogen-bond donors (Lipinski definition) is 1. The maximum atomic E-state index is 13.1. The molecule has 0 radical (unpaired) electrons. The minimum Gasteiger partial charge on any atom is -0.497 e. The Bertz CT molecular complexity index is 900. The number of carbonyl (C=O) groups excluding carboxylic acids is 2. The second-order valence-corrected chi connectivity index (χ2v) is 8.97. The second-order valence-electron chi connectivity index (χ2n) is 8.97. The molecule has 2 aromatic carbocycles. The fourth-order valence-electron chi connectivity index (χ4n) is 4.37. The lowest BCUT2D eigenvalue weighted by Gasteiger charge is -2.34. The number of hydrogen-bond acceptors (Lipinski definition) is 3. The second kappa shape index (κ2) is 9.99. The monoisotopic (exact) mass is 422 g/mol. The quantitative estimate of drug-likeness (QED) is 0.735. The average molecular weight is 423 g/mol. The van der Waals surface area contributed by atoms with Crippen LogP contribution in [0.1, 0.15) is 59.8 Å². The van der Waals surface area contributed by atoms with Crippen molar-refractivity contribution in [2.24, 2.45) is 11.8 Å². The molecule has 2 aromatic rings. The van der Waals surface area contributed by atoms with Crippen LogP contribution in [0.3, 0.4) is 0 Å². The third-order valence-electron chi connectivity index (χ3n) is 5.99. The van der Waals surface area contributed by atoms with E-state index in [1.54, 1.807) is 7.11 Å². The first kappa shape index (κ1) is 22.9. The number of benzene rings is 2. The molecule has 3 rings (SSSR count). The van der Waals surface area contributed by atoms with Gasteiger partial charge in [-0.1, -0.05) is 43.2 Å². The van der Waals surface area contributed by atoms with Crippen LogP contribution in [-0.2, 0) is 4.79 Å². The van der Waals surface area contributed by atoms with Gasteiger partial charge in [-0.3, -0.25) is 9.59 Å². The topological polar surface area (TPSA) is 58.6 Å². The molecule has 2 amide bonds. The molecule has 1 aliphatic rings. The van der Waals surface area contributed by atoms with Gasteiger partial charge in [0.1, 0.15) is 5.75 Å². The lowest BCUT2D eigenvalue weighted by Crippen LogP contribution is -2.46.